The summed E-state index contributed by atoms with van der Waals surface area (Å²) in [4.78, 5) is 0. The highest BCUT2D eigenvalue weighted by Crippen LogP contribution is 2.14. The summed E-state index contributed by atoms with van der Waals surface area (Å²) >= 11 is 0. The Hall–Kier alpha value is -1.12. The standard InChI is InChI=1S/C9H13N3/c1-12-9-7-5-3-2-4-6-8(9)10-11-12/h4,6H,2-3,5,7H2,1H3. The van der Waals surface area contributed by atoms with E-state index in [0.717, 1.165) is 12.1 Å². The molecule has 3 heteroatoms. The SMILES string of the molecule is Cn1nnc2c1CCCCC=C2. The maximum absolute atomic E-state index is 4.08. The van der Waals surface area contributed by atoms with Gasteiger partial charge in [-0.05, 0) is 31.8 Å². The van der Waals surface area contributed by atoms with Gasteiger partial charge in [0.25, 0.3) is 0 Å². The van der Waals surface area contributed by atoms with Crippen molar-refractivity contribution in [2.45, 2.75) is 25.7 Å². The maximum Gasteiger partial charge on any atom is 0.108 e. The summed E-state index contributed by atoms with van der Waals surface area (Å²) in [5.74, 6) is 0. The van der Waals surface area contributed by atoms with E-state index in [-0.39, 0.29) is 0 Å². The van der Waals surface area contributed by atoms with Gasteiger partial charge in [0.2, 0.25) is 0 Å². The van der Waals surface area contributed by atoms with Crippen molar-refractivity contribution in [3.63, 3.8) is 0 Å². The molecule has 0 aliphatic heterocycles. The largest absolute Gasteiger partial charge is 0.252 e. The van der Waals surface area contributed by atoms with Gasteiger partial charge in [-0.3, -0.25) is 4.68 Å². The van der Waals surface area contributed by atoms with Gasteiger partial charge < -0.3 is 0 Å². The molecule has 12 heavy (non-hydrogen) atoms. The zero-order chi connectivity index (χ0) is 8.39. The fourth-order valence-electron chi connectivity index (χ4n) is 1.56. The van der Waals surface area contributed by atoms with Crippen LogP contribution in [-0.2, 0) is 13.5 Å². The minimum Gasteiger partial charge on any atom is -0.252 e. The number of allylic oxidation sites excluding steroid dienone is 1. The van der Waals surface area contributed by atoms with Crippen LogP contribution in [0.3, 0.4) is 0 Å². The lowest BCUT2D eigenvalue weighted by Gasteiger charge is -2.03. The van der Waals surface area contributed by atoms with Crippen molar-refractivity contribution >= 4 is 6.08 Å². The lowest BCUT2D eigenvalue weighted by atomic mass is 10.1. The van der Waals surface area contributed by atoms with E-state index in [9.17, 15) is 0 Å². The molecule has 0 bridgehead atoms. The first-order valence-electron chi connectivity index (χ1n) is 4.43. The van der Waals surface area contributed by atoms with Crippen molar-refractivity contribution in [3.8, 4) is 0 Å². The van der Waals surface area contributed by atoms with Gasteiger partial charge in [-0.15, -0.1) is 5.10 Å². The molecule has 1 aliphatic carbocycles. The van der Waals surface area contributed by atoms with E-state index in [1.165, 1.54) is 25.0 Å². The molecule has 1 heterocycles. The minimum absolute atomic E-state index is 1.05. The molecule has 1 aliphatic rings. The fourth-order valence-corrected chi connectivity index (χ4v) is 1.56. The van der Waals surface area contributed by atoms with Crippen LogP contribution < -0.4 is 0 Å². The molecule has 1 aromatic heterocycles. The van der Waals surface area contributed by atoms with Gasteiger partial charge in [0.1, 0.15) is 5.69 Å². The van der Waals surface area contributed by atoms with Crippen LogP contribution in [0.1, 0.15) is 30.7 Å². The van der Waals surface area contributed by atoms with E-state index in [1.807, 2.05) is 11.7 Å². The van der Waals surface area contributed by atoms with E-state index in [1.54, 1.807) is 0 Å². The van der Waals surface area contributed by atoms with E-state index in [0.29, 0.717) is 0 Å². The Labute approximate surface area is 72.1 Å². The molecule has 64 valence electrons. The molecule has 0 unspecified atom stereocenters. The molecule has 1 aromatic rings. The minimum atomic E-state index is 1.05. The molecule has 0 amide bonds. The Morgan fingerprint density at radius 3 is 3.25 bits per heavy atom. The second kappa shape index (κ2) is 3.09. The quantitative estimate of drug-likeness (QED) is 0.581. The molecule has 3 nitrogen and oxygen atoms in total. The predicted octanol–water partition coefficient (Wildman–Crippen LogP) is 1.55. The van der Waals surface area contributed by atoms with Crippen molar-refractivity contribution in [3.05, 3.63) is 17.5 Å². The first kappa shape index (κ1) is 7.53. The zero-order valence-electron chi connectivity index (χ0n) is 7.32. The third kappa shape index (κ3) is 1.26. The highest BCUT2D eigenvalue weighted by molar-refractivity contribution is 5.47. The molecule has 2 rings (SSSR count). The first-order chi connectivity index (χ1) is 5.88. The number of fused-ring (bicyclic) bond motifs is 1. The lowest BCUT2D eigenvalue weighted by Crippen LogP contribution is -2.00. The number of aromatic nitrogens is 3. The average Bonchev–Trinajstić information content (AvgIpc) is 2.31. The molecule has 0 N–H and O–H groups in total. The summed E-state index contributed by atoms with van der Waals surface area (Å²) < 4.78 is 1.88. The van der Waals surface area contributed by atoms with Crippen LogP contribution in [0, 0.1) is 0 Å². The van der Waals surface area contributed by atoms with Crippen molar-refractivity contribution in [1.82, 2.24) is 15.0 Å². The van der Waals surface area contributed by atoms with Crippen LogP contribution in [0.2, 0.25) is 0 Å². The number of hydrogen-bond donors (Lipinski definition) is 0. The molecule has 0 aromatic carbocycles. The van der Waals surface area contributed by atoms with Gasteiger partial charge in [-0.25, -0.2) is 0 Å². The Morgan fingerprint density at radius 2 is 2.33 bits per heavy atom. The van der Waals surface area contributed by atoms with Crippen LogP contribution in [0.4, 0.5) is 0 Å². The molecule has 0 radical (unpaired) electrons. The highest BCUT2D eigenvalue weighted by atomic mass is 15.4. The number of rotatable bonds is 0. The Morgan fingerprint density at radius 1 is 1.42 bits per heavy atom. The molecule has 0 saturated heterocycles. The summed E-state index contributed by atoms with van der Waals surface area (Å²) in [6, 6.07) is 0. The zero-order valence-corrected chi connectivity index (χ0v) is 7.32. The number of aryl methyl sites for hydroxylation is 1. The first-order valence-corrected chi connectivity index (χ1v) is 4.43. The Balaban J connectivity index is 2.39. The molecule has 0 saturated carbocycles. The van der Waals surface area contributed by atoms with E-state index >= 15 is 0 Å². The van der Waals surface area contributed by atoms with Crippen LogP contribution in [0.25, 0.3) is 6.08 Å². The average molecular weight is 163 g/mol. The second-order valence-electron chi connectivity index (χ2n) is 3.19. The monoisotopic (exact) mass is 163 g/mol. The second-order valence-corrected chi connectivity index (χ2v) is 3.19. The summed E-state index contributed by atoms with van der Waals surface area (Å²) in [5.41, 5.74) is 2.32. The molecular weight excluding hydrogens is 150 g/mol. The smallest absolute Gasteiger partial charge is 0.108 e. The fraction of sp³-hybridized carbons (Fsp3) is 0.556. The Kier molecular flexibility index (Phi) is 1.94. The van der Waals surface area contributed by atoms with Gasteiger partial charge in [0, 0.05) is 7.05 Å². The molecule has 0 atom stereocenters. The van der Waals surface area contributed by atoms with Crippen LogP contribution in [0.5, 0.6) is 0 Å². The Bertz CT molecular complexity index is 299. The predicted molar refractivity (Wildman–Crippen MR) is 47.6 cm³/mol. The van der Waals surface area contributed by atoms with E-state index in [4.69, 9.17) is 0 Å². The molecule has 0 fully saturated rings. The van der Waals surface area contributed by atoms with Gasteiger partial charge >= 0.3 is 0 Å². The van der Waals surface area contributed by atoms with Crippen LogP contribution in [-0.4, -0.2) is 15.0 Å². The lowest BCUT2D eigenvalue weighted by molar-refractivity contribution is 0.646. The number of nitrogens with zero attached hydrogens (tertiary/aromatic N) is 3. The van der Waals surface area contributed by atoms with E-state index < -0.39 is 0 Å². The highest BCUT2D eigenvalue weighted by Gasteiger charge is 2.08. The molecule has 0 spiro atoms. The third-order valence-electron chi connectivity index (χ3n) is 2.28. The van der Waals surface area contributed by atoms with Crippen LogP contribution >= 0.6 is 0 Å². The van der Waals surface area contributed by atoms with Crippen molar-refractivity contribution in [2.24, 2.45) is 7.05 Å². The topological polar surface area (TPSA) is 30.7 Å². The van der Waals surface area contributed by atoms with Crippen molar-refractivity contribution < 1.29 is 0 Å². The summed E-state index contributed by atoms with van der Waals surface area (Å²) in [5, 5.41) is 8.08. The van der Waals surface area contributed by atoms with E-state index in [2.05, 4.69) is 22.5 Å². The normalized spacial score (nSPS) is 16.8. The molecular formula is C9H13N3. The van der Waals surface area contributed by atoms with Gasteiger partial charge in [-0.1, -0.05) is 11.3 Å². The summed E-state index contributed by atoms with van der Waals surface area (Å²) in [6.07, 6.45) is 9.09. The van der Waals surface area contributed by atoms with Gasteiger partial charge in [0.05, 0.1) is 5.69 Å². The third-order valence-corrected chi connectivity index (χ3v) is 2.28. The van der Waals surface area contributed by atoms with Gasteiger partial charge in [0.15, 0.2) is 0 Å². The number of hydrogen-bond acceptors (Lipinski definition) is 2. The summed E-state index contributed by atoms with van der Waals surface area (Å²) in [6.45, 7) is 0. The van der Waals surface area contributed by atoms with Gasteiger partial charge in [-0.2, -0.15) is 0 Å². The van der Waals surface area contributed by atoms with Crippen molar-refractivity contribution in [2.75, 3.05) is 0 Å². The van der Waals surface area contributed by atoms with Crippen LogP contribution in [0.15, 0.2) is 6.08 Å². The maximum atomic E-state index is 4.08. The van der Waals surface area contributed by atoms with Crippen molar-refractivity contribution in [1.29, 1.82) is 0 Å². The summed E-state index contributed by atoms with van der Waals surface area (Å²) in [7, 11) is 1.96.